The Balaban J connectivity index is 2.16. The van der Waals surface area contributed by atoms with Gasteiger partial charge >= 0.3 is 0 Å². The summed E-state index contributed by atoms with van der Waals surface area (Å²) < 4.78 is 5.48. The van der Waals surface area contributed by atoms with Crippen LogP contribution in [0.3, 0.4) is 0 Å². The van der Waals surface area contributed by atoms with Crippen molar-refractivity contribution in [1.82, 2.24) is 9.80 Å². The summed E-state index contributed by atoms with van der Waals surface area (Å²) in [4.78, 5) is 30.0. The van der Waals surface area contributed by atoms with Crippen LogP contribution in [0.2, 0.25) is 0 Å². The van der Waals surface area contributed by atoms with Crippen LogP contribution < -0.4 is 0 Å². The van der Waals surface area contributed by atoms with Crippen molar-refractivity contribution in [2.75, 3.05) is 6.54 Å². The quantitative estimate of drug-likeness (QED) is 0.478. The first kappa shape index (κ1) is 23.7. The monoisotopic (exact) mass is 412 g/mol. The molecule has 5 nitrogen and oxygen atoms in total. The Morgan fingerprint density at radius 2 is 1.73 bits per heavy atom. The number of benzene rings is 1. The molecule has 0 unspecified atom stereocenters. The Labute approximate surface area is 181 Å². The molecule has 30 heavy (non-hydrogen) atoms. The minimum Gasteiger partial charge on any atom is -0.467 e. The Bertz CT molecular complexity index is 756. The summed E-state index contributed by atoms with van der Waals surface area (Å²) in [5.41, 5.74) is 1.05. The van der Waals surface area contributed by atoms with E-state index in [2.05, 4.69) is 13.8 Å². The van der Waals surface area contributed by atoms with E-state index in [1.165, 1.54) is 0 Å². The largest absolute Gasteiger partial charge is 0.467 e. The maximum Gasteiger partial charge on any atom is 0.242 e. The van der Waals surface area contributed by atoms with E-state index < -0.39 is 0 Å². The lowest BCUT2D eigenvalue weighted by atomic mass is 9.97. The van der Waals surface area contributed by atoms with Gasteiger partial charge in [-0.1, -0.05) is 57.0 Å². The van der Waals surface area contributed by atoms with Gasteiger partial charge in [0, 0.05) is 18.5 Å². The number of hydrogen-bond donors (Lipinski definition) is 0. The van der Waals surface area contributed by atoms with Crippen molar-refractivity contribution in [3.05, 3.63) is 60.1 Å². The highest BCUT2D eigenvalue weighted by Gasteiger charge is 2.28. The van der Waals surface area contributed by atoms with Crippen molar-refractivity contribution in [2.24, 2.45) is 5.92 Å². The van der Waals surface area contributed by atoms with E-state index in [1.54, 1.807) is 16.1 Å². The van der Waals surface area contributed by atoms with Gasteiger partial charge in [0.2, 0.25) is 11.8 Å². The molecular weight excluding hydrogens is 376 g/mol. The summed E-state index contributed by atoms with van der Waals surface area (Å²) in [6.45, 7) is 9.10. The molecule has 2 aromatic rings. The third-order valence-corrected chi connectivity index (χ3v) is 5.46. The third kappa shape index (κ3) is 7.05. The average molecular weight is 413 g/mol. The van der Waals surface area contributed by atoms with Crippen molar-refractivity contribution in [3.8, 4) is 0 Å². The molecule has 0 fully saturated rings. The van der Waals surface area contributed by atoms with Crippen LogP contribution in [-0.2, 0) is 22.7 Å². The van der Waals surface area contributed by atoms with E-state index in [0.29, 0.717) is 13.1 Å². The van der Waals surface area contributed by atoms with Gasteiger partial charge in [0.1, 0.15) is 12.3 Å². The zero-order valence-electron chi connectivity index (χ0n) is 18.8. The molecule has 0 radical (unpaired) electrons. The van der Waals surface area contributed by atoms with Crippen LogP contribution in [0.4, 0.5) is 0 Å². The first-order valence-electron chi connectivity index (χ1n) is 11.1. The highest BCUT2D eigenvalue weighted by atomic mass is 16.3. The van der Waals surface area contributed by atoms with Crippen molar-refractivity contribution in [3.63, 3.8) is 0 Å². The van der Waals surface area contributed by atoms with Gasteiger partial charge in [-0.3, -0.25) is 9.59 Å². The molecule has 0 aliphatic carbocycles. The van der Waals surface area contributed by atoms with Gasteiger partial charge in [-0.25, -0.2) is 0 Å². The Kier molecular flexibility index (Phi) is 9.65. The molecule has 5 heteroatoms. The summed E-state index contributed by atoms with van der Waals surface area (Å²) in [6, 6.07) is 13.6. The number of amides is 2. The maximum atomic E-state index is 13.3. The second-order valence-corrected chi connectivity index (χ2v) is 8.12. The van der Waals surface area contributed by atoms with Crippen LogP contribution in [0.1, 0.15) is 64.7 Å². The number of carbonyl (C=O) groups excluding carboxylic acids is 2. The van der Waals surface area contributed by atoms with Crippen LogP contribution in [0.15, 0.2) is 53.1 Å². The van der Waals surface area contributed by atoms with Crippen LogP contribution in [-0.4, -0.2) is 34.2 Å². The van der Waals surface area contributed by atoms with Gasteiger partial charge in [0.25, 0.3) is 0 Å². The lowest BCUT2D eigenvalue weighted by Crippen LogP contribution is -2.47. The predicted octanol–water partition coefficient (Wildman–Crippen LogP) is 5.26. The van der Waals surface area contributed by atoms with E-state index >= 15 is 0 Å². The standard InChI is InChI=1S/C25H36N2O3/c1-5-7-14-22(6-2)25(29)27(20(3)4)19-24(28)26(18-23-15-11-16-30-23)17-21-12-9-8-10-13-21/h8-13,15-16,20,22H,5-7,14,17-19H2,1-4H3/t22-/m1/s1. The van der Waals surface area contributed by atoms with Crippen LogP contribution in [0.25, 0.3) is 0 Å². The first-order valence-corrected chi connectivity index (χ1v) is 11.1. The molecule has 0 spiro atoms. The molecule has 1 atom stereocenters. The lowest BCUT2D eigenvalue weighted by Gasteiger charge is -2.32. The zero-order valence-corrected chi connectivity index (χ0v) is 18.8. The highest BCUT2D eigenvalue weighted by Crippen LogP contribution is 2.19. The molecule has 0 aliphatic heterocycles. The van der Waals surface area contributed by atoms with Crippen molar-refractivity contribution in [2.45, 2.75) is 72.5 Å². The molecule has 0 saturated heterocycles. The molecule has 1 aromatic heterocycles. The molecule has 0 bridgehead atoms. The average Bonchev–Trinajstić information content (AvgIpc) is 3.25. The molecule has 164 valence electrons. The molecule has 1 aromatic carbocycles. The summed E-state index contributed by atoms with van der Waals surface area (Å²) in [5, 5.41) is 0. The Morgan fingerprint density at radius 3 is 2.30 bits per heavy atom. The van der Waals surface area contributed by atoms with E-state index in [9.17, 15) is 9.59 Å². The van der Waals surface area contributed by atoms with Gasteiger partial charge in [-0.15, -0.1) is 0 Å². The number of rotatable bonds is 12. The SMILES string of the molecule is CCCC[C@@H](CC)C(=O)N(CC(=O)N(Cc1ccccc1)Cc1ccco1)C(C)C. The van der Waals surface area contributed by atoms with Crippen LogP contribution in [0.5, 0.6) is 0 Å². The summed E-state index contributed by atoms with van der Waals surface area (Å²) >= 11 is 0. The van der Waals surface area contributed by atoms with Gasteiger partial charge in [0.15, 0.2) is 0 Å². The fourth-order valence-electron chi connectivity index (χ4n) is 3.57. The highest BCUT2D eigenvalue weighted by molar-refractivity contribution is 5.86. The molecule has 1 heterocycles. The van der Waals surface area contributed by atoms with Crippen molar-refractivity contribution in [1.29, 1.82) is 0 Å². The van der Waals surface area contributed by atoms with Gasteiger partial charge in [-0.05, 0) is 44.4 Å². The second-order valence-electron chi connectivity index (χ2n) is 8.12. The molecular formula is C25H36N2O3. The number of nitrogens with zero attached hydrogens (tertiary/aromatic N) is 2. The minimum absolute atomic E-state index is 0.0206. The van der Waals surface area contributed by atoms with Crippen molar-refractivity contribution >= 4 is 11.8 Å². The van der Waals surface area contributed by atoms with Gasteiger partial charge in [-0.2, -0.15) is 0 Å². The van der Waals surface area contributed by atoms with E-state index in [4.69, 9.17) is 4.42 Å². The molecule has 0 N–H and O–H groups in total. The fourth-order valence-corrected chi connectivity index (χ4v) is 3.57. The van der Waals surface area contributed by atoms with E-state index in [-0.39, 0.29) is 30.3 Å². The number of furan rings is 1. The maximum absolute atomic E-state index is 13.3. The molecule has 2 rings (SSSR count). The minimum atomic E-state index is -0.0670. The van der Waals surface area contributed by atoms with E-state index in [1.807, 2.05) is 56.3 Å². The topological polar surface area (TPSA) is 53.8 Å². The molecule has 2 amide bonds. The Hall–Kier alpha value is -2.56. The third-order valence-electron chi connectivity index (χ3n) is 5.46. The number of hydrogen-bond acceptors (Lipinski definition) is 3. The zero-order chi connectivity index (χ0) is 21.9. The molecule has 0 aliphatic rings. The normalized spacial score (nSPS) is 12.0. The Morgan fingerprint density at radius 1 is 1.00 bits per heavy atom. The molecule has 0 saturated carbocycles. The number of unbranched alkanes of at least 4 members (excludes halogenated alkanes) is 1. The smallest absolute Gasteiger partial charge is 0.242 e. The van der Waals surface area contributed by atoms with Gasteiger partial charge < -0.3 is 14.2 Å². The van der Waals surface area contributed by atoms with Crippen LogP contribution >= 0.6 is 0 Å². The lowest BCUT2D eigenvalue weighted by molar-refractivity contribution is -0.145. The number of carbonyl (C=O) groups is 2. The first-order chi connectivity index (χ1) is 14.5. The summed E-state index contributed by atoms with van der Waals surface area (Å²) in [7, 11) is 0. The fraction of sp³-hybridized carbons (Fsp3) is 0.520. The van der Waals surface area contributed by atoms with Gasteiger partial charge in [0.05, 0.1) is 12.8 Å². The summed E-state index contributed by atoms with van der Waals surface area (Å²) in [5.74, 6) is 0.735. The van der Waals surface area contributed by atoms with Crippen LogP contribution in [0, 0.1) is 5.92 Å². The predicted molar refractivity (Wildman–Crippen MR) is 120 cm³/mol. The van der Waals surface area contributed by atoms with Crippen molar-refractivity contribution < 1.29 is 14.0 Å². The summed E-state index contributed by atoms with van der Waals surface area (Å²) in [6.07, 6.45) is 5.39. The van der Waals surface area contributed by atoms with E-state index in [0.717, 1.165) is 37.0 Å². The second kappa shape index (κ2) is 12.2.